The van der Waals surface area contributed by atoms with Gasteiger partial charge in [0.25, 0.3) is 0 Å². The number of carbonyl (C=O) groups is 1. The van der Waals surface area contributed by atoms with E-state index in [1.807, 2.05) is 10.9 Å². The van der Waals surface area contributed by atoms with Gasteiger partial charge in [-0.15, -0.1) is 11.3 Å². The maximum atomic E-state index is 10.7. The summed E-state index contributed by atoms with van der Waals surface area (Å²) in [5.41, 5.74) is 0.953. The molecule has 0 saturated heterocycles. The Labute approximate surface area is 96.4 Å². The Morgan fingerprint density at radius 2 is 2.44 bits per heavy atom. The molecule has 0 aliphatic carbocycles. The highest BCUT2D eigenvalue weighted by Gasteiger charge is 2.11. The molecule has 0 radical (unpaired) electrons. The maximum absolute atomic E-state index is 10.7. The van der Waals surface area contributed by atoms with E-state index in [1.165, 1.54) is 16.7 Å². The van der Waals surface area contributed by atoms with E-state index in [0.29, 0.717) is 5.01 Å². The highest BCUT2D eigenvalue weighted by Crippen LogP contribution is 2.23. The first-order chi connectivity index (χ1) is 7.70. The van der Waals surface area contributed by atoms with E-state index in [2.05, 4.69) is 17.0 Å². The van der Waals surface area contributed by atoms with Crippen LogP contribution in [0.1, 0.15) is 23.8 Å². The first kappa shape index (κ1) is 10.8. The molecule has 0 amide bonds. The number of thiazole rings is 1. The number of hydrogen-bond donors (Lipinski definition) is 1. The molecule has 0 bridgehead atoms. The first-order valence-electron chi connectivity index (χ1n) is 4.92. The molecule has 0 saturated carbocycles. The van der Waals surface area contributed by atoms with Gasteiger partial charge in [0.1, 0.15) is 5.01 Å². The van der Waals surface area contributed by atoms with Crippen LogP contribution in [-0.4, -0.2) is 25.8 Å². The van der Waals surface area contributed by atoms with Crippen molar-refractivity contribution in [2.45, 2.75) is 19.9 Å². The third-order valence-electron chi connectivity index (χ3n) is 2.06. The Morgan fingerprint density at radius 1 is 1.62 bits per heavy atom. The van der Waals surface area contributed by atoms with Crippen LogP contribution >= 0.6 is 11.3 Å². The van der Waals surface area contributed by atoms with Crippen LogP contribution in [0, 0.1) is 0 Å². The molecule has 2 heterocycles. The summed E-state index contributed by atoms with van der Waals surface area (Å²) in [5, 5.41) is 15.2. The second-order valence-corrected chi connectivity index (χ2v) is 4.19. The molecule has 16 heavy (non-hydrogen) atoms. The van der Waals surface area contributed by atoms with Gasteiger partial charge in [-0.05, 0) is 6.42 Å². The maximum Gasteiger partial charge on any atom is 0.355 e. The largest absolute Gasteiger partial charge is 0.476 e. The van der Waals surface area contributed by atoms with Gasteiger partial charge in [-0.3, -0.25) is 4.68 Å². The molecule has 2 aromatic rings. The molecule has 84 valence electrons. The van der Waals surface area contributed by atoms with Gasteiger partial charge in [-0.2, -0.15) is 5.10 Å². The summed E-state index contributed by atoms with van der Waals surface area (Å²) >= 11 is 1.32. The molecule has 0 aliphatic rings. The lowest BCUT2D eigenvalue weighted by Gasteiger charge is -1.94. The topological polar surface area (TPSA) is 68.0 Å². The predicted octanol–water partition coefficient (Wildman–Crippen LogP) is 2.11. The molecule has 6 heteroatoms. The molecule has 0 fully saturated rings. The summed E-state index contributed by atoms with van der Waals surface area (Å²) in [4.78, 5) is 14.7. The quantitative estimate of drug-likeness (QED) is 0.884. The average molecular weight is 237 g/mol. The van der Waals surface area contributed by atoms with Crippen LogP contribution in [0.4, 0.5) is 0 Å². The molecule has 2 rings (SSSR count). The number of carboxylic acid groups (broad SMARTS) is 1. The van der Waals surface area contributed by atoms with E-state index in [1.54, 1.807) is 6.20 Å². The fourth-order valence-electron chi connectivity index (χ4n) is 1.33. The first-order valence-corrected chi connectivity index (χ1v) is 5.80. The smallest absolute Gasteiger partial charge is 0.355 e. The molecule has 0 unspecified atom stereocenters. The summed E-state index contributed by atoms with van der Waals surface area (Å²) in [6.07, 6.45) is 4.60. The van der Waals surface area contributed by atoms with Crippen molar-refractivity contribution < 1.29 is 9.90 Å². The molecule has 0 aliphatic heterocycles. The Balaban J connectivity index is 2.24. The standard InChI is InChI=1S/C10H11N3O2S/c1-2-3-13-5-7(4-11-13)9-12-8(6-16-9)10(14)15/h4-6H,2-3H2,1H3,(H,14,15). The van der Waals surface area contributed by atoms with E-state index in [0.717, 1.165) is 18.5 Å². The van der Waals surface area contributed by atoms with Crippen LogP contribution in [0.25, 0.3) is 10.6 Å². The Morgan fingerprint density at radius 3 is 3.06 bits per heavy atom. The molecule has 1 N–H and O–H groups in total. The van der Waals surface area contributed by atoms with Gasteiger partial charge in [0, 0.05) is 23.7 Å². The van der Waals surface area contributed by atoms with Crippen molar-refractivity contribution in [3.63, 3.8) is 0 Å². The van der Waals surface area contributed by atoms with Crippen LogP contribution < -0.4 is 0 Å². The molecule has 0 atom stereocenters. The predicted molar refractivity (Wildman–Crippen MR) is 60.6 cm³/mol. The number of carboxylic acids is 1. The normalized spacial score (nSPS) is 10.6. The van der Waals surface area contributed by atoms with Crippen LogP contribution in [-0.2, 0) is 6.54 Å². The summed E-state index contributed by atoms with van der Waals surface area (Å²) in [6.45, 7) is 2.93. The van der Waals surface area contributed by atoms with E-state index >= 15 is 0 Å². The molecule has 0 spiro atoms. The highest BCUT2D eigenvalue weighted by atomic mass is 32.1. The number of rotatable bonds is 4. The van der Waals surface area contributed by atoms with Gasteiger partial charge >= 0.3 is 5.97 Å². The van der Waals surface area contributed by atoms with Crippen molar-refractivity contribution in [3.05, 3.63) is 23.5 Å². The van der Waals surface area contributed by atoms with Gasteiger partial charge < -0.3 is 5.11 Å². The lowest BCUT2D eigenvalue weighted by atomic mass is 10.4. The SMILES string of the molecule is CCCn1cc(-c2nc(C(=O)O)cs2)cn1. The zero-order chi connectivity index (χ0) is 11.5. The average Bonchev–Trinajstić information content (AvgIpc) is 2.84. The van der Waals surface area contributed by atoms with Crippen molar-refractivity contribution in [2.24, 2.45) is 0 Å². The van der Waals surface area contributed by atoms with Crippen molar-refractivity contribution in [3.8, 4) is 10.6 Å². The fourth-order valence-corrected chi connectivity index (χ4v) is 2.10. The summed E-state index contributed by atoms with van der Waals surface area (Å²) in [7, 11) is 0. The molecular weight excluding hydrogens is 226 g/mol. The third-order valence-corrected chi connectivity index (χ3v) is 2.95. The minimum absolute atomic E-state index is 0.0863. The van der Waals surface area contributed by atoms with Gasteiger partial charge in [-0.25, -0.2) is 9.78 Å². The Bertz CT molecular complexity index is 504. The highest BCUT2D eigenvalue weighted by molar-refractivity contribution is 7.13. The van der Waals surface area contributed by atoms with Crippen LogP contribution in [0.3, 0.4) is 0 Å². The second-order valence-electron chi connectivity index (χ2n) is 3.34. The van der Waals surface area contributed by atoms with Crippen LogP contribution in [0.15, 0.2) is 17.8 Å². The number of aryl methyl sites for hydroxylation is 1. The minimum atomic E-state index is -0.997. The summed E-state index contributed by atoms with van der Waals surface area (Å²) in [5.74, 6) is -0.997. The van der Waals surface area contributed by atoms with Gasteiger partial charge in [0.15, 0.2) is 5.69 Å². The molecule has 5 nitrogen and oxygen atoms in total. The van der Waals surface area contributed by atoms with Gasteiger partial charge in [0.05, 0.1) is 6.20 Å². The van der Waals surface area contributed by atoms with E-state index < -0.39 is 5.97 Å². The van der Waals surface area contributed by atoms with Gasteiger partial charge in [0.2, 0.25) is 0 Å². The second kappa shape index (κ2) is 4.44. The Kier molecular flexibility index (Phi) is 3.00. The van der Waals surface area contributed by atoms with Crippen LogP contribution in [0.2, 0.25) is 0 Å². The Hall–Kier alpha value is -1.69. The zero-order valence-corrected chi connectivity index (χ0v) is 9.57. The number of nitrogens with zero attached hydrogens (tertiary/aromatic N) is 3. The molecule has 2 aromatic heterocycles. The zero-order valence-electron chi connectivity index (χ0n) is 8.75. The monoisotopic (exact) mass is 237 g/mol. The van der Waals surface area contributed by atoms with E-state index in [4.69, 9.17) is 5.11 Å². The van der Waals surface area contributed by atoms with E-state index in [9.17, 15) is 4.79 Å². The summed E-state index contributed by atoms with van der Waals surface area (Å²) in [6, 6.07) is 0. The molecular formula is C10H11N3O2S. The summed E-state index contributed by atoms with van der Waals surface area (Å²) < 4.78 is 1.83. The van der Waals surface area contributed by atoms with Crippen molar-refractivity contribution in [1.82, 2.24) is 14.8 Å². The number of hydrogen-bond acceptors (Lipinski definition) is 4. The van der Waals surface area contributed by atoms with Crippen LogP contribution in [0.5, 0.6) is 0 Å². The van der Waals surface area contributed by atoms with Crippen molar-refractivity contribution in [1.29, 1.82) is 0 Å². The van der Waals surface area contributed by atoms with Crippen molar-refractivity contribution >= 4 is 17.3 Å². The number of aromatic nitrogens is 3. The van der Waals surface area contributed by atoms with Gasteiger partial charge in [-0.1, -0.05) is 6.92 Å². The lowest BCUT2D eigenvalue weighted by molar-refractivity contribution is 0.0691. The molecule has 0 aromatic carbocycles. The van der Waals surface area contributed by atoms with Crippen molar-refractivity contribution in [2.75, 3.05) is 0 Å². The minimum Gasteiger partial charge on any atom is -0.476 e. The third kappa shape index (κ3) is 2.11. The lowest BCUT2D eigenvalue weighted by Crippen LogP contribution is -1.96. The van der Waals surface area contributed by atoms with E-state index in [-0.39, 0.29) is 5.69 Å². The number of aromatic carboxylic acids is 1. The fraction of sp³-hybridized carbons (Fsp3) is 0.300.